The number of hydrogen-bond donors (Lipinski definition) is 1. The highest BCUT2D eigenvalue weighted by atomic mass is 19.4. The first kappa shape index (κ1) is 23.9. The molecule has 1 unspecified atom stereocenters. The third-order valence-corrected chi connectivity index (χ3v) is 3.30. The predicted molar refractivity (Wildman–Crippen MR) is 87.3 cm³/mol. The van der Waals surface area contributed by atoms with Gasteiger partial charge in [0.1, 0.15) is 6.61 Å². The molecule has 0 bridgehead atoms. The lowest BCUT2D eigenvalue weighted by molar-refractivity contribution is -0.175. The van der Waals surface area contributed by atoms with Gasteiger partial charge in [-0.05, 0) is 31.0 Å². The zero-order chi connectivity index (χ0) is 21.4. The Morgan fingerprint density at radius 1 is 1.07 bits per heavy atom. The van der Waals surface area contributed by atoms with E-state index >= 15 is 0 Å². The summed E-state index contributed by atoms with van der Waals surface area (Å²) in [6.07, 6.45) is -8.64. The summed E-state index contributed by atoms with van der Waals surface area (Å²) >= 11 is 0. The normalized spacial score (nSPS) is 13.1. The van der Waals surface area contributed by atoms with Gasteiger partial charge in [-0.15, -0.1) is 0 Å². The van der Waals surface area contributed by atoms with Crippen LogP contribution in [0.1, 0.15) is 18.9 Å². The van der Waals surface area contributed by atoms with Crippen molar-refractivity contribution >= 4 is 5.91 Å². The number of amides is 1. The molecule has 0 heterocycles. The van der Waals surface area contributed by atoms with Gasteiger partial charge in [0.2, 0.25) is 5.91 Å². The summed E-state index contributed by atoms with van der Waals surface area (Å²) in [5.74, 6) is -0.390. The van der Waals surface area contributed by atoms with E-state index in [0.717, 1.165) is 0 Å². The highest BCUT2D eigenvalue weighted by Crippen LogP contribution is 2.30. The molecule has 0 saturated heterocycles. The quantitative estimate of drug-likeness (QED) is 0.591. The van der Waals surface area contributed by atoms with Crippen molar-refractivity contribution in [3.05, 3.63) is 23.8 Å². The molecule has 11 heteroatoms. The van der Waals surface area contributed by atoms with Crippen LogP contribution in [0.4, 0.5) is 26.3 Å². The number of halogens is 6. The monoisotopic (exact) mass is 417 g/mol. The van der Waals surface area contributed by atoms with Crippen molar-refractivity contribution in [1.29, 1.82) is 0 Å². The van der Waals surface area contributed by atoms with E-state index in [2.05, 4.69) is 14.8 Å². The molecule has 0 saturated carbocycles. The highest BCUT2D eigenvalue weighted by molar-refractivity contribution is 5.76. The van der Waals surface area contributed by atoms with Crippen LogP contribution in [0, 0.1) is 0 Å². The topological polar surface area (TPSA) is 56.8 Å². The minimum atomic E-state index is -4.48. The van der Waals surface area contributed by atoms with Crippen LogP contribution in [0.15, 0.2) is 18.2 Å². The van der Waals surface area contributed by atoms with Gasteiger partial charge in [-0.3, -0.25) is 4.79 Å². The first-order valence-corrected chi connectivity index (χ1v) is 8.20. The Balaban J connectivity index is 2.47. The molecule has 0 fully saturated rings. The van der Waals surface area contributed by atoms with Gasteiger partial charge in [-0.25, -0.2) is 0 Å². The lowest BCUT2D eigenvalue weighted by Gasteiger charge is -2.16. The zero-order valence-electron chi connectivity index (χ0n) is 15.2. The summed E-state index contributed by atoms with van der Waals surface area (Å²) in [6.45, 7) is -1.64. The van der Waals surface area contributed by atoms with Crippen LogP contribution < -0.4 is 14.8 Å². The number of hydrogen-bond acceptors (Lipinski definition) is 4. The molecule has 1 amide bonds. The molecule has 0 aliphatic heterocycles. The highest BCUT2D eigenvalue weighted by Gasteiger charge is 2.29. The maximum atomic E-state index is 12.2. The molecular weight excluding hydrogens is 396 g/mol. The molecule has 0 spiro atoms. The lowest BCUT2D eigenvalue weighted by atomic mass is 10.1. The fraction of sp³-hybridized carbons (Fsp3) is 0.588. The first-order chi connectivity index (χ1) is 12.9. The second-order valence-electron chi connectivity index (χ2n) is 5.99. The molecule has 1 aromatic rings. The van der Waals surface area contributed by atoms with Crippen LogP contribution in [0.2, 0.25) is 0 Å². The summed E-state index contributed by atoms with van der Waals surface area (Å²) < 4.78 is 86.8. The Morgan fingerprint density at radius 3 is 2.29 bits per heavy atom. The van der Waals surface area contributed by atoms with Crippen LogP contribution in [-0.2, 0) is 16.0 Å². The molecule has 5 nitrogen and oxygen atoms in total. The number of benzene rings is 1. The maximum absolute atomic E-state index is 12.2. The van der Waals surface area contributed by atoms with Gasteiger partial charge in [0.15, 0.2) is 18.1 Å². The summed E-state index contributed by atoms with van der Waals surface area (Å²) in [4.78, 5) is 11.9. The van der Waals surface area contributed by atoms with Crippen molar-refractivity contribution in [1.82, 2.24) is 5.32 Å². The number of carbonyl (C=O) groups excluding carboxylic acids is 1. The first-order valence-electron chi connectivity index (χ1n) is 8.20. The van der Waals surface area contributed by atoms with Crippen LogP contribution in [0.25, 0.3) is 0 Å². The van der Waals surface area contributed by atoms with Gasteiger partial charge in [0, 0.05) is 12.5 Å². The number of aryl methyl sites for hydroxylation is 1. The fourth-order valence-corrected chi connectivity index (χ4v) is 2.14. The molecule has 28 heavy (non-hydrogen) atoms. The summed E-state index contributed by atoms with van der Waals surface area (Å²) in [5, 5.41) is 2.50. The van der Waals surface area contributed by atoms with Crippen molar-refractivity contribution in [2.75, 3.05) is 26.9 Å². The van der Waals surface area contributed by atoms with E-state index in [9.17, 15) is 31.1 Å². The van der Waals surface area contributed by atoms with Gasteiger partial charge in [-0.1, -0.05) is 6.07 Å². The van der Waals surface area contributed by atoms with Crippen LogP contribution in [0.5, 0.6) is 11.5 Å². The number of nitrogens with one attached hydrogen (secondary N) is 1. The minimum absolute atomic E-state index is 0.0233. The predicted octanol–water partition coefficient (Wildman–Crippen LogP) is 3.65. The van der Waals surface area contributed by atoms with Crippen molar-refractivity contribution in [3.63, 3.8) is 0 Å². The number of methoxy groups -OCH3 is 1. The largest absolute Gasteiger partial charge is 0.493 e. The average Bonchev–Trinajstić information content (AvgIpc) is 2.56. The molecule has 0 radical (unpaired) electrons. The van der Waals surface area contributed by atoms with E-state index in [-0.39, 0.29) is 30.9 Å². The van der Waals surface area contributed by atoms with Gasteiger partial charge >= 0.3 is 12.4 Å². The Morgan fingerprint density at radius 2 is 1.71 bits per heavy atom. The summed E-state index contributed by atoms with van der Waals surface area (Å²) in [6, 6.07) is 3.65. The number of ether oxygens (including phenoxy) is 3. The average molecular weight is 417 g/mol. The Bertz CT molecular complexity index is 633. The summed E-state index contributed by atoms with van der Waals surface area (Å²) in [7, 11) is 1.27. The molecule has 0 aromatic heterocycles. The third-order valence-electron chi connectivity index (χ3n) is 3.30. The molecule has 160 valence electrons. The minimum Gasteiger partial charge on any atom is -0.493 e. The van der Waals surface area contributed by atoms with E-state index in [4.69, 9.17) is 4.74 Å². The van der Waals surface area contributed by atoms with E-state index < -0.39 is 37.5 Å². The van der Waals surface area contributed by atoms with Gasteiger partial charge in [-0.2, -0.15) is 26.3 Å². The Labute approximate surface area is 157 Å². The van der Waals surface area contributed by atoms with Crippen molar-refractivity contribution in [2.24, 2.45) is 0 Å². The Kier molecular flexibility index (Phi) is 8.86. The second-order valence-corrected chi connectivity index (χ2v) is 5.99. The van der Waals surface area contributed by atoms with Gasteiger partial charge < -0.3 is 19.5 Å². The van der Waals surface area contributed by atoms with Crippen molar-refractivity contribution in [3.8, 4) is 11.5 Å². The van der Waals surface area contributed by atoms with Gasteiger partial charge in [0.25, 0.3) is 0 Å². The van der Waals surface area contributed by atoms with Crippen molar-refractivity contribution in [2.45, 2.75) is 38.2 Å². The molecule has 1 aromatic carbocycles. The third kappa shape index (κ3) is 10.2. The maximum Gasteiger partial charge on any atom is 0.422 e. The number of alkyl halides is 6. The van der Waals surface area contributed by atoms with E-state index in [0.29, 0.717) is 5.56 Å². The molecule has 0 aliphatic rings. The number of rotatable bonds is 10. The second kappa shape index (κ2) is 10.4. The molecule has 0 aliphatic carbocycles. The fourth-order valence-electron chi connectivity index (χ4n) is 2.14. The van der Waals surface area contributed by atoms with Crippen molar-refractivity contribution < 1.29 is 45.3 Å². The SMILES string of the molecule is COc1cc(CCC(=O)NC(C)COCC(F)(F)F)ccc1OCC(F)(F)F. The molecular formula is C17H21F6NO4. The molecule has 1 rings (SSSR count). The van der Waals surface area contributed by atoms with Gasteiger partial charge in [0.05, 0.1) is 13.7 Å². The van der Waals surface area contributed by atoms with Crippen LogP contribution in [-0.4, -0.2) is 51.2 Å². The standard InChI is InChI=1S/C17H21F6NO4/c1-11(8-27-9-16(18,19)20)24-15(25)6-4-12-3-5-13(14(7-12)26-2)28-10-17(21,22)23/h3,5,7,11H,4,6,8-10H2,1-2H3,(H,24,25). The summed E-state index contributed by atoms with van der Waals surface area (Å²) in [5.41, 5.74) is 0.618. The van der Waals surface area contributed by atoms with E-state index in [1.807, 2.05) is 0 Å². The molecule has 1 atom stereocenters. The lowest BCUT2D eigenvalue weighted by Crippen LogP contribution is -2.36. The smallest absolute Gasteiger partial charge is 0.422 e. The Hall–Kier alpha value is -2.17. The molecule has 1 N–H and O–H groups in total. The van der Waals surface area contributed by atoms with E-state index in [1.165, 1.54) is 32.2 Å². The van der Waals surface area contributed by atoms with Crippen LogP contribution in [0.3, 0.4) is 0 Å². The zero-order valence-corrected chi connectivity index (χ0v) is 15.2. The van der Waals surface area contributed by atoms with Crippen LogP contribution >= 0.6 is 0 Å². The number of carbonyl (C=O) groups is 1. The van der Waals surface area contributed by atoms with E-state index in [1.54, 1.807) is 0 Å².